The highest BCUT2D eigenvalue weighted by atomic mass is 32.2. The Balaban J connectivity index is 1.47. The highest BCUT2D eigenvalue weighted by Crippen LogP contribution is 2.36. The van der Waals surface area contributed by atoms with E-state index in [0.29, 0.717) is 18.9 Å². The minimum absolute atomic E-state index is 0.166. The average Bonchev–Trinajstić information content (AvgIpc) is 3.13. The molecule has 1 N–H and O–H groups in total. The fourth-order valence-corrected chi connectivity index (χ4v) is 4.83. The quantitative estimate of drug-likeness (QED) is 0.887. The van der Waals surface area contributed by atoms with Gasteiger partial charge in [-0.2, -0.15) is 0 Å². The number of nitrogens with one attached hydrogen (secondary N) is 1. The van der Waals surface area contributed by atoms with Crippen molar-refractivity contribution in [2.24, 2.45) is 5.41 Å². The summed E-state index contributed by atoms with van der Waals surface area (Å²) >= 11 is 0. The first kappa shape index (κ1) is 16.6. The molecule has 4 rings (SSSR count). The second-order valence-electron chi connectivity index (χ2n) is 6.92. The third-order valence-electron chi connectivity index (χ3n) is 5.19. The van der Waals surface area contributed by atoms with Crippen LogP contribution in [-0.2, 0) is 16.6 Å². The first-order valence-electron chi connectivity index (χ1n) is 8.53. The molecule has 7 heteroatoms. The van der Waals surface area contributed by atoms with E-state index in [9.17, 15) is 8.42 Å². The molecule has 2 aromatic rings. The van der Waals surface area contributed by atoms with E-state index in [1.807, 2.05) is 12.1 Å². The fraction of sp³-hybridized carbons (Fsp3) is 0.444. The number of furan rings is 1. The Kier molecular flexibility index (Phi) is 4.31. The van der Waals surface area contributed by atoms with Crippen LogP contribution in [0.4, 0.5) is 0 Å². The third kappa shape index (κ3) is 3.44. The molecule has 1 fully saturated rings. The van der Waals surface area contributed by atoms with Gasteiger partial charge in [0, 0.05) is 12.0 Å². The SMILES string of the molecule is O=S1(=O)NCC2(CCN(Cc3ccco3)CC2)COc2ccccc21. The number of hydrogen-bond acceptors (Lipinski definition) is 5. The van der Waals surface area contributed by atoms with Crippen LogP contribution in [0, 0.1) is 5.41 Å². The van der Waals surface area contributed by atoms with E-state index >= 15 is 0 Å². The second-order valence-corrected chi connectivity index (χ2v) is 8.65. The number of nitrogens with zero attached hydrogens (tertiary/aromatic N) is 1. The Morgan fingerprint density at radius 3 is 2.68 bits per heavy atom. The summed E-state index contributed by atoms with van der Waals surface area (Å²) in [4.78, 5) is 2.56. The maximum atomic E-state index is 12.5. The molecule has 0 amide bonds. The zero-order valence-corrected chi connectivity index (χ0v) is 14.8. The molecule has 2 aliphatic heterocycles. The molecule has 0 aliphatic carbocycles. The standard InChI is InChI=1S/C18H22N2O4S/c21-25(22)17-6-2-1-5-16(17)24-14-18(13-19-25)7-9-20(10-8-18)12-15-4-3-11-23-15/h1-6,11,19H,7-10,12-14H2. The molecular weight excluding hydrogens is 340 g/mol. The maximum Gasteiger partial charge on any atom is 0.244 e. The number of piperidine rings is 1. The molecule has 25 heavy (non-hydrogen) atoms. The zero-order valence-electron chi connectivity index (χ0n) is 14.0. The molecule has 6 nitrogen and oxygen atoms in total. The van der Waals surface area contributed by atoms with E-state index in [1.54, 1.807) is 30.5 Å². The van der Waals surface area contributed by atoms with Crippen LogP contribution in [0.5, 0.6) is 5.75 Å². The van der Waals surface area contributed by atoms with Crippen LogP contribution < -0.4 is 9.46 Å². The van der Waals surface area contributed by atoms with Crippen molar-refractivity contribution in [3.63, 3.8) is 0 Å². The molecule has 3 heterocycles. The molecule has 0 atom stereocenters. The number of hydrogen-bond donors (Lipinski definition) is 1. The summed E-state index contributed by atoms with van der Waals surface area (Å²) in [6.45, 7) is 3.53. The minimum atomic E-state index is -3.54. The van der Waals surface area contributed by atoms with E-state index in [4.69, 9.17) is 9.15 Å². The van der Waals surface area contributed by atoms with E-state index < -0.39 is 10.0 Å². The van der Waals surface area contributed by atoms with Gasteiger partial charge >= 0.3 is 0 Å². The highest BCUT2D eigenvalue weighted by Gasteiger charge is 2.39. The number of fused-ring (bicyclic) bond motifs is 1. The van der Waals surface area contributed by atoms with Crippen LogP contribution in [0.25, 0.3) is 0 Å². The first-order valence-corrected chi connectivity index (χ1v) is 10.0. The van der Waals surface area contributed by atoms with Gasteiger partial charge in [-0.05, 0) is 50.2 Å². The topological polar surface area (TPSA) is 71.8 Å². The molecule has 2 aliphatic rings. The van der Waals surface area contributed by atoms with Gasteiger partial charge in [-0.15, -0.1) is 0 Å². The minimum Gasteiger partial charge on any atom is -0.492 e. The Morgan fingerprint density at radius 1 is 1.12 bits per heavy atom. The summed E-state index contributed by atoms with van der Waals surface area (Å²) in [7, 11) is -3.54. The highest BCUT2D eigenvalue weighted by molar-refractivity contribution is 7.89. The lowest BCUT2D eigenvalue weighted by molar-refractivity contribution is 0.0497. The van der Waals surface area contributed by atoms with Crippen LogP contribution in [0.3, 0.4) is 0 Å². The lowest BCUT2D eigenvalue weighted by Crippen LogP contribution is -2.49. The predicted octanol–water partition coefficient (Wildman–Crippen LogP) is 2.23. The van der Waals surface area contributed by atoms with Crippen molar-refractivity contribution in [1.29, 1.82) is 0 Å². The summed E-state index contributed by atoms with van der Waals surface area (Å²) < 4.78 is 39.2. The van der Waals surface area contributed by atoms with Gasteiger partial charge in [0.25, 0.3) is 0 Å². The lowest BCUT2D eigenvalue weighted by Gasteiger charge is -2.42. The van der Waals surface area contributed by atoms with Crippen molar-refractivity contribution in [3.8, 4) is 5.75 Å². The second kappa shape index (κ2) is 6.48. The van der Waals surface area contributed by atoms with Gasteiger partial charge in [-0.25, -0.2) is 13.1 Å². The van der Waals surface area contributed by atoms with Crippen LogP contribution in [0.2, 0.25) is 0 Å². The number of ether oxygens (including phenoxy) is 1. The molecule has 1 aromatic heterocycles. The van der Waals surface area contributed by atoms with Gasteiger partial charge in [0.05, 0.1) is 19.4 Å². The predicted molar refractivity (Wildman–Crippen MR) is 92.8 cm³/mol. The number of sulfonamides is 1. The van der Waals surface area contributed by atoms with E-state index in [-0.39, 0.29) is 10.3 Å². The van der Waals surface area contributed by atoms with Crippen LogP contribution in [0.1, 0.15) is 18.6 Å². The Bertz CT molecular complexity index is 825. The van der Waals surface area contributed by atoms with Crippen molar-refractivity contribution in [2.45, 2.75) is 24.3 Å². The number of likely N-dealkylation sites (tertiary alicyclic amines) is 1. The van der Waals surface area contributed by atoms with Gasteiger partial charge in [0.15, 0.2) is 0 Å². The zero-order chi connectivity index (χ0) is 17.3. The summed E-state index contributed by atoms with van der Waals surface area (Å²) in [6.07, 6.45) is 3.46. The van der Waals surface area contributed by atoms with Gasteiger partial charge in [0.1, 0.15) is 16.4 Å². The van der Waals surface area contributed by atoms with Gasteiger partial charge in [-0.3, -0.25) is 4.90 Å². The van der Waals surface area contributed by atoms with Gasteiger partial charge < -0.3 is 9.15 Å². The van der Waals surface area contributed by atoms with E-state index in [1.165, 1.54) is 0 Å². The molecule has 1 spiro atoms. The first-order chi connectivity index (χ1) is 12.1. The molecular formula is C18H22N2O4S. The Hall–Kier alpha value is -1.83. The third-order valence-corrected chi connectivity index (χ3v) is 6.63. The fourth-order valence-electron chi connectivity index (χ4n) is 3.53. The van der Waals surface area contributed by atoms with Crippen molar-refractivity contribution in [3.05, 3.63) is 48.4 Å². The average molecular weight is 362 g/mol. The van der Waals surface area contributed by atoms with Crippen LogP contribution >= 0.6 is 0 Å². The monoisotopic (exact) mass is 362 g/mol. The number of benzene rings is 1. The van der Waals surface area contributed by atoms with Crippen molar-refractivity contribution in [1.82, 2.24) is 9.62 Å². The van der Waals surface area contributed by atoms with E-state index in [2.05, 4.69) is 9.62 Å². The molecule has 0 unspecified atom stereocenters. The number of para-hydroxylation sites is 1. The van der Waals surface area contributed by atoms with Crippen molar-refractivity contribution in [2.75, 3.05) is 26.2 Å². The normalized spacial score (nSPS) is 22.6. The Labute approximate surface area is 147 Å². The summed E-state index contributed by atoms with van der Waals surface area (Å²) in [5, 5.41) is 0. The van der Waals surface area contributed by atoms with Crippen LogP contribution in [-0.4, -0.2) is 39.6 Å². The van der Waals surface area contributed by atoms with Gasteiger partial charge in [-0.1, -0.05) is 12.1 Å². The van der Waals surface area contributed by atoms with Crippen molar-refractivity contribution < 1.29 is 17.6 Å². The molecule has 1 saturated heterocycles. The molecule has 0 bridgehead atoms. The molecule has 1 aromatic carbocycles. The Morgan fingerprint density at radius 2 is 1.92 bits per heavy atom. The molecule has 0 saturated carbocycles. The van der Waals surface area contributed by atoms with Crippen molar-refractivity contribution >= 4 is 10.0 Å². The molecule has 134 valence electrons. The smallest absolute Gasteiger partial charge is 0.244 e. The summed E-state index contributed by atoms with van der Waals surface area (Å²) in [5.74, 6) is 1.39. The number of rotatable bonds is 2. The van der Waals surface area contributed by atoms with Gasteiger partial charge in [0.2, 0.25) is 10.0 Å². The largest absolute Gasteiger partial charge is 0.492 e. The van der Waals surface area contributed by atoms with Crippen LogP contribution in [0.15, 0.2) is 52.0 Å². The van der Waals surface area contributed by atoms with E-state index in [0.717, 1.165) is 38.2 Å². The molecule has 0 radical (unpaired) electrons. The summed E-state index contributed by atoms with van der Waals surface area (Å²) in [6, 6.07) is 10.7. The summed E-state index contributed by atoms with van der Waals surface area (Å²) in [5.41, 5.74) is -0.166. The maximum absolute atomic E-state index is 12.5. The lowest BCUT2D eigenvalue weighted by atomic mass is 9.79.